The van der Waals surface area contributed by atoms with Crippen LogP contribution >= 0.6 is 17.0 Å². The molecule has 4 heteroatoms. The Morgan fingerprint density at radius 2 is 1.18 bits per heavy atom. The Morgan fingerprint density at radius 3 is 1.67 bits per heavy atom. The van der Waals surface area contributed by atoms with Crippen LogP contribution in [0, 0.1) is 12.8 Å². The van der Waals surface area contributed by atoms with Crippen molar-refractivity contribution < 1.29 is 20.8 Å². The molecule has 7 rings (SSSR count). The summed E-state index contributed by atoms with van der Waals surface area (Å²) in [4.78, 5) is 0. The third-order valence-electron chi connectivity index (χ3n) is 10.1. The third-order valence-corrected chi connectivity index (χ3v) is 10.1. The van der Waals surface area contributed by atoms with Gasteiger partial charge in [-0.1, -0.05) is 146 Å². The predicted octanol–water partition coefficient (Wildman–Crippen LogP) is 15.6. The zero-order chi connectivity index (χ0) is 37.1. The van der Waals surface area contributed by atoms with Crippen LogP contribution in [-0.4, -0.2) is 9.52 Å². The number of hydrogen-bond acceptors (Lipinski definition) is 0. The minimum absolute atomic E-state index is 0.204. The predicted molar refractivity (Wildman–Crippen MR) is 227 cm³/mol. The fourth-order valence-corrected chi connectivity index (χ4v) is 7.17. The van der Waals surface area contributed by atoms with Crippen molar-refractivity contribution in [3.05, 3.63) is 131 Å². The van der Waals surface area contributed by atoms with Crippen molar-refractivity contribution in [3.8, 4) is 22.3 Å². The average molecular weight is 811 g/mol. The summed E-state index contributed by atoms with van der Waals surface area (Å²) in [5.74, 6) is 2.26. The summed E-state index contributed by atoms with van der Waals surface area (Å²) >= 11 is -0.826. The molecule has 0 aromatic heterocycles. The molecule has 0 aliphatic heterocycles. The molecule has 1 aliphatic carbocycles. The molecule has 1 saturated carbocycles. The van der Waals surface area contributed by atoms with Crippen molar-refractivity contribution in [2.75, 3.05) is 0 Å². The maximum absolute atomic E-state index is 4.93. The molecule has 2 radical (unpaired) electrons. The molecule has 6 aromatic carbocycles. The summed E-state index contributed by atoms with van der Waals surface area (Å²) in [5, 5.41) is 5.51. The normalized spacial score (nSPS) is 15.6. The molecule has 0 unspecified atom stereocenters. The van der Waals surface area contributed by atoms with Crippen molar-refractivity contribution in [3.63, 3.8) is 0 Å². The van der Waals surface area contributed by atoms with Crippen molar-refractivity contribution in [1.82, 2.24) is 0 Å². The monoisotopic (exact) mass is 808 g/mol. The fourth-order valence-electron chi connectivity index (χ4n) is 7.17. The van der Waals surface area contributed by atoms with Crippen LogP contribution in [0.5, 0.6) is 0 Å². The zero-order valence-corrected chi connectivity index (χ0v) is 37.2. The molecule has 0 saturated heterocycles. The van der Waals surface area contributed by atoms with Gasteiger partial charge in [0.1, 0.15) is 0 Å². The van der Waals surface area contributed by atoms with Crippen molar-refractivity contribution >= 4 is 48.1 Å². The topological polar surface area (TPSA) is 0 Å². The minimum atomic E-state index is -0.826. The van der Waals surface area contributed by atoms with Crippen LogP contribution in [0.25, 0.3) is 43.8 Å². The third kappa shape index (κ3) is 11.4. The molecular formula is C47H56Cl2SiZr. The van der Waals surface area contributed by atoms with Gasteiger partial charge in [-0.3, -0.25) is 0 Å². The van der Waals surface area contributed by atoms with Gasteiger partial charge < -0.3 is 0 Å². The molecule has 0 spiro atoms. The summed E-state index contributed by atoms with van der Waals surface area (Å²) in [6.07, 6.45) is 5.47. The average Bonchev–Trinajstić information content (AvgIpc) is 3.72. The Labute approximate surface area is 330 Å². The van der Waals surface area contributed by atoms with Crippen LogP contribution in [-0.2, 0) is 26.3 Å². The van der Waals surface area contributed by atoms with E-state index in [1.165, 1.54) is 86.2 Å². The van der Waals surface area contributed by atoms with Gasteiger partial charge in [0.05, 0.1) is 0 Å². The van der Waals surface area contributed by atoms with E-state index >= 15 is 0 Å². The number of aryl methyl sites for hydroxylation is 1. The summed E-state index contributed by atoms with van der Waals surface area (Å²) in [7, 11) is 11.0. The Hall–Kier alpha value is -2.22. The van der Waals surface area contributed by atoms with E-state index in [1.807, 2.05) is 0 Å². The van der Waals surface area contributed by atoms with Gasteiger partial charge in [-0.05, 0) is 58.3 Å². The molecule has 51 heavy (non-hydrogen) atoms. The second kappa shape index (κ2) is 19.7. The summed E-state index contributed by atoms with van der Waals surface area (Å²) in [6.45, 7) is 20.2. The molecule has 0 heterocycles. The molecule has 0 N–H and O–H groups in total. The van der Waals surface area contributed by atoms with Gasteiger partial charge in [0.2, 0.25) is 0 Å². The first-order valence-electron chi connectivity index (χ1n) is 18.5. The summed E-state index contributed by atoms with van der Waals surface area (Å²) in [5.41, 5.74) is 11.2. The van der Waals surface area contributed by atoms with E-state index in [0.29, 0.717) is 5.92 Å². The van der Waals surface area contributed by atoms with Crippen LogP contribution < -0.4 is 0 Å². The van der Waals surface area contributed by atoms with Gasteiger partial charge in [-0.15, -0.1) is 69.1 Å². The molecule has 1 aliphatic rings. The Balaban J connectivity index is 0.000000205. The second-order valence-electron chi connectivity index (χ2n) is 15.6. The number of fused-ring (bicyclic) bond motifs is 2. The maximum atomic E-state index is 4.93. The standard InChI is InChI=1S/C26H31.C19H19.C2H6Si.2ClH.Zr/c1-18-8-10-19(11-9-18)22-16-21-6-5-7-24(25(21)17-22)20-12-14-23(15-13-20)26(2,3)4;1-13(2)15-7-9-16(10-8-15)18-6-4-5-17-11-14(3)12-19(17)18;1-3-2;;;/h5-7,12-19H,8-11H2,1-4H3;4-13H,1-3H3;1-2H3;2*1H;/q2*-1;;;;+4/p-2. The first-order chi connectivity index (χ1) is 24.4. The van der Waals surface area contributed by atoms with Gasteiger partial charge >= 0.3 is 37.9 Å². The van der Waals surface area contributed by atoms with E-state index in [0.717, 1.165) is 21.4 Å². The molecule has 1 fully saturated rings. The first kappa shape index (κ1) is 41.5. The molecule has 266 valence electrons. The number of halogens is 2. The first-order valence-corrected chi connectivity index (χ1v) is 26.8. The molecule has 0 atom stereocenters. The van der Waals surface area contributed by atoms with Gasteiger partial charge in [-0.2, -0.15) is 12.1 Å². The molecule has 0 nitrogen and oxygen atoms in total. The quantitative estimate of drug-likeness (QED) is 0.123. The van der Waals surface area contributed by atoms with Gasteiger partial charge in [0.25, 0.3) is 0 Å². The number of rotatable bonds is 4. The Morgan fingerprint density at radius 1 is 0.706 bits per heavy atom. The fraction of sp³-hybridized carbons (Fsp3) is 0.362. The van der Waals surface area contributed by atoms with Gasteiger partial charge in [-0.25, -0.2) is 0 Å². The summed E-state index contributed by atoms with van der Waals surface area (Å²) < 4.78 is 0. The van der Waals surface area contributed by atoms with Crippen molar-refractivity contribution in [1.29, 1.82) is 0 Å². The van der Waals surface area contributed by atoms with Gasteiger partial charge in [0.15, 0.2) is 0 Å². The molecule has 6 aromatic rings. The molecular weight excluding hydrogens is 755 g/mol. The number of hydrogen-bond donors (Lipinski definition) is 0. The summed E-state index contributed by atoms with van der Waals surface area (Å²) in [6, 6.07) is 40.9. The number of benzene rings is 4. The van der Waals surface area contributed by atoms with Crippen molar-refractivity contribution in [2.24, 2.45) is 5.92 Å². The van der Waals surface area contributed by atoms with E-state index < -0.39 is 20.8 Å². The Kier molecular flexibility index (Phi) is 16.1. The van der Waals surface area contributed by atoms with E-state index in [4.69, 9.17) is 17.0 Å². The SMILES string of the molecule is CC1CCC(c2cc3c(-c4ccc(C(C)(C)C)cc4)cccc3[cH-]2)CC1.C[Si]C.Cc1cc2c(-c3ccc(C(C)C)cc3)cccc2[cH-]1.[Cl][Zr+2][Cl]. The van der Waals surface area contributed by atoms with Crippen LogP contribution in [0.2, 0.25) is 13.1 Å². The zero-order valence-electron chi connectivity index (χ0n) is 32.2. The second-order valence-corrected chi connectivity index (χ2v) is 20.3. The van der Waals surface area contributed by atoms with E-state index in [1.54, 1.807) is 5.56 Å². The molecule has 0 amide bonds. The van der Waals surface area contributed by atoms with Gasteiger partial charge in [0, 0.05) is 9.52 Å². The van der Waals surface area contributed by atoms with Crippen LogP contribution in [0.3, 0.4) is 0 Å². The van der Waals surface area contributed by atoms with E-state index in [9.17, 15) is 0 Å². The van der Waals surface area contributed by atoms with Crippen LogP contribution in [0.4, 0.5) is 0 Å². The Bertz CT molecular complexity index is 1910. The van der Waals surface area contributed by atoms with Crippen LogP contribution in [0.15, 0.2) is 109 Å². The van der Waals surface area contributed by atoms with Crippen LogP contribution in [0.1, 0.15) is 101 Å². The van der Waals surface area contributed by atoms with E-state index in [2.05, 4.69) is 171 Å². The van der Waals surface area contributed by atoms with E-state index in [-0.39, 0.29) is 5.41 Å². The van der Waals surface area contributed by atoms with Crippen molar-refractivity contribution in [2.45, 2.75) is 104 Å². The molecule has 0 bridgehead atoms.